The van der Waals surface area contributed by atoms with Gasteiger partial charge >= 0.3 is 0 Å². The number of rotatable bonds is 7. The van der Waals surface area contributed by atoms with E-state index in [0.717, 1.165) is 11.3 Å². The second kappa shape index (κ2) is 9.50. The molecule has 1 aliphatic heterocycles. The van der Waals surface area contributed by atoms with Crippen LogP contribution in [0.1, 0.15) is 27.3 Å². The number of hydrogen-bond acceptors (Lipinski definition) is 8. The van der Waals surface area contributed by atoms with Gasteiger partial charge < -0.3 is 15.5 Å². The van der Waals surface area contributed by atoms with Gasteiger partial charge in [0.05, 0.1) is 39.6 Å². The van der Waals surface area contributed by atoms with E-state index in [-0.39, 0.29) is 12.1 Å². The first-order chi connectivity index (χ1) is 15.9. The molecule has 0 radical (unpaired) electrons. The largest absolute Gasteiger partial charge is 0.398 e. The van der Waals surface area contributed by atoms with Gasteiger partial charge in [-0.15, -0.1) is 11.3 Å². The smallest absolute Gasteiger partial charge is 0.225 e. The van der Waals surface area contributed by atoms with Gasteiger partial charge in [-0.2, -0.15) is 9.65 Å². The molecule has 4 rings (SSSR count). The first-order valence-electron chi connectivity index (χ1n) is 10.4. The van der Waals surface area contributed by atoms with E-state index in [1.54, 1.807) is 35.2 Å². The van der Waals surface area contributed by atoms with Crippen molar-refractivity contribution in [3.63, 3.8) is 0 Å². The standard InChI is InChI=1S/C23H22F2N6OS/c1-30(19-4-2-3-17(27)16(19)11-26)9-8-18-20(13-32)33-23(28-18)15-5-6-21(29-22(15)25)31-10-7-14(24)12-31/h2-6,13-14H,7-10,12,27H2,1H3. The first kappa shape index (κ1) is 22.6. The van der Waals surface area contributed by atoms with Crippen molar-refractivity contribution in [1.82, 2.24) is 9.97 Å². The molecule has 2 N–H and O–H groups in total. The van der Waals surface area contributed by atoms with Crippen molar-refractivity contribution in [1.29, 1.82) is 5.26 Å². The normalized spacial score (nSPS) is 15.5. The molecule has 170 valence electrons. The Balaban J connectivity index is 1.53. The summed E-state index contributed by atoms with van der Waals surface area (Å²) < 4.78 is 28.2. The number of anilines is 3. The van der Waals surface area contributed by atoms with Crippen LogP contribution in [0.25, 0.3) is 10.6 Å². The Morgan fingerprint density at radius 3 is 2.85 bits per heavy atom. The van der Waals surface area contributed by atoms with E-state index in [2.05, 4.69) is 16.0 Å². The number of carbonyl (C=O) groups excluding carboxylic acids is 1. The maximum Gasteiger partial charge on any atom is 0.225 e. The predicted octanol–water partition coefficient (Wildman–Crippen LogP) is 3.84. The Kier molecular flexibility index (Phi) is 6.51. The van der Waals surface area contributed by atoms with E-state index in [4.69, 9.17) is 5.73 Å². The molecular formula is C23H22F2N6OS. The molecule has 2 aromatic heterocycles. The highest BCUT2D eigenvalue weighted by molar-refractivity contribution is 7.16. The lowest BCUT2D eigenvalue weighted by molar-refractivity contribution is 0.112. The van der Waals surface area contributed by atoms with Gasteiger partial charge in [-0.05, 0) is 30.7 Å². The number of hydrogen-bond donors (Lipinski definition) is 1. The van der Waals surface area contributed by atoms with Crippen molar-refractivity contribution < 1.29 is 13.6 Å². The molecule has 0 spiro atoms. The van der Waals surface area contributed by atoms with Gasteiger partial charge in [0.1, 0.15) is 23.1 Å². The van der Waals surface area contributed by atoms with Gasteiger partial charge in [-0.25, -0.2) is 14.4 Å². The van der Waals surface area contributed by atoms with Crippen LogP contribution < -0.4 is 15.5 Å². The molecule has 1 aromatic carbocycles. The molecule has 7 nitrogen and oxygen atoms in total. The molecule has 0 amide bonds. The number of halogens is 2. The molecule has 10 heteroatoms. The van der Waals surface area contributed by atoms with Crippen LogP contribution in [0.3, 0.4) is 0 Å². The summed E-state index contributed by atoms with van der Waals surface area (Å²) in [4.78, 5) is 24.1. The molecule has 3 heterocycles. The summed E-state index contributed by atoms with van der Waals surface area (Å²) in [7, 11) is 1.83. The van der Waals surface area contributed by atoms with Crippen molar-refractivity contribution in [2.45, 2.75) is 19.0 Å². The Morgan fingerprint density at radius 2 is 2.18 bits per heavy atom. The van der Waals surface area contributed by atoms with E-state index in [9.17, 15) is 18.8 Å². The molecule has 0 bridgehead atoms. The van der Waals surface area contributed by atoms with E-state index in [1.807, 2.05) is 11.9 Å². The average molecular weight is 469 g/mol. The number of aromatic nitrogens is 2. The lowest BCUT2D eigenvalue weighted by Crippen LogP contribution is -2.22. The van der Waals surface area contributed by atoms with Gasteiger partial charge in [0.15, 0.2) is 6.29 Å². The third-order valence-corrected chi connectivity index (χ3v) is 6.69. The quantitative estimate of drug-likeness (QED) is 0.320. The summed E-state index contributed by atoms with van der Waals surface area (Å²) in [5.41, 5.74) is 8.11. The Labute approximate surface area is 194 Å². The van der Waals surface area contributed by atoms with Gasteiger partial charge in [0.2, 0.25) is 5.95 Å². The molecule has 1 unspecified atom stereocenters. The number of nitrogens with two attached hydrogens (primary N) is 1. The Bertz CT molecular complexity index is 1220. The van der Waals surface area contributed by atoms with Gasteiger partial charge in [0, 0.05) is 26.6 Å². The van der Waals surface area contributed by atoms with Crippen molar-refractivity contribution in [3.05, 3.63) is 52.4 Å². The van der Waals surface area contributed by atoms with Crippen LogP contribution in [-0.4, -0.2) is 49.1 Å². The molecule has 0 saturated carbocycles. The van der Waals surface area contributed by atoms with E-state index < -0.39 is 12.1 Å². The fourth-order valence-corrected chi connectivity index (χ4v) is 4.77. The summed E-state index contributed by atoms with van der Waals surface area (Å²) >= 11 is 1.10. The number of nitriles is 1. The highest BCUT2D eigenvalue weighted by Crippen LogP contribution is 2.31. The number of nitrogens with zero attached hydrogens (tertiary/aromatic N) is 5. The van der Waals surface area contributed by atoms with Crippen LogP contribution in [0, 0.1) is 17.3 Å². The average Bonchev–Trinajstić information content (AvgIpc) is 3.43. The highest BCUT2D eigenvalue weighted by atomic mass is 32.1. The maximum atomic E-state index is 14.8. The molecule has 0 aliphatic carbocycles. The first-order valence-corrected chi connectivity index (χ1v) is 11.2. The monoisotopic (exact) mass is 468 g/mol. The van der Waals surface area contributed by atoms with Gasteiger partial charge in [-0.1, -0.05) is 6.07 Å². The minimum Gasteiger partial charge on any atom is -0.398 e. The minimum absolute atomic E-state index is 0.199. The van der Waals surface area contributed by atoms with Crippen LogP contribution in [0.15, 0.2) is 30.3 Å². The van der Waals surface area contributed by atoms with Crippen LogP contribution in [-0.2, 0) is 6.42 Å². The number of pyridine rings is 1. The summed E-state index contributed by atoms with van der Waals surface area (Å²) in [6.45, 7) is 1.18. The number of alkyl halides is 1. The van der Waals surface area contributed by atoms with Crippen LogP contribution in [0.5, 0.6) is 0 Å². The number of carbonyl (C=O) groups is 1. The molecule has 3 aromatic rings. The zero-order valence-electron chi connectivity index (χ0n) is 18.0. The van der Waals surface area contributed by atoms with Crippen molar-refractivity contribution in [2.75, 3.05) is 42.2 Å². The zero-order chi connectivity index (χ0) is 23.5. The van der Waals surface area contributed by atoms with Crippen molar-refractivity contribution in [2.24, 2.45) is 0 Å². The van der Waals surface area contributed by atoms with Crippen LogP contribution in [0.4, 0.5) is 26.0 Å². The predicted molar refractivity (Wildman–Crippen MR) is 125 cm³/mol. The number of benzene rings is 1. The number of nitrogen functional groups attached to an aromatic ring is 1. The Morgan fingerprint density at radius 1 is 1.36 bits per heavy atom. The molecule has 1 atom stereocenters. The molecule has 1 fully saturated rings. The minimum atomic E-state index is -0.930. The SMILES string of the molecule is CN(CCc1nc(-c2ccc(N3CCC(F)C3)nc2F)sc1C=O)c1cccc(N)c1C#N. The van der Waals surface area contributed by atoms with E-state index in [1.165, 1.54) is 0 Å². The summed E-state index contributed by atoms with van der Waals surface area (Å²) in [5.74, 6) is -0.316. The van der Waals surface area contributed by atoms with Crippen LogP contribution in [0.2, 0.25) is 0 Å². The highest BCUT2D eigenvalue weighted by Gasteiger charge is 2.24. The van der Waals surface area contributed by atoms with E-state index >= 15 is 0 Å². The number of thiazole rings is 1. The fraction of sp³-hybridized carbons (Fsp3) is 0.304. The molecule has 1 aliphatic rings. The summed E-state index contributed by atoms with van der Waals surface area (Å²) in [5, 5.41) is 9.76. The third kappa shape index (κ3) is 4.64. The lowest BCUT2D eigenvalue weighted by atomic mass is 10.1. The maximum absolute atomic E-state index is 14.8. The lowest BCUT2D eigenvalue weighted by Gasteiger charge is -2.20. The van der Waals surface area contributed by atoms with Crippen molar-refractivity contribution >= 4 is 34.8 Å². The molecular weight excluding hydrogens is 446 g/mol. The number of likely N-dealkylation sites (N-methyl/N-ethyl adjacent to an activating group) is 1. The topological polar surface area (TPSA) is 99.1 Å². The molecule has 33 heavy (non-hydrogen) atoms. The zero-order valence-corrected chi connectivity index (χ0v) is 18.8. The fourth-order valence-electron chi connectivity index (χ4n) is 3.83. The van der Waals surface area contributed by atoms with E-state index in [0.29, 0.717) is 70.6 Å². The van der Waals surface area contributed by atoms with Gasteiger partial charge in [-0.3, -0.25) is 4.79 Å². The third-order valence-electron chi connectivity index (χ3n) is 5.64. The second-order valence-corrected chi connectivity index (χ2v) is 8.84. The van der Waals surface area contributed by atoms with Crippen molar-refractivity contribution in [3.8, 4) is 16.6 Å². The summed E-state index contributed by atoms with van der Waals surface area (Å²) in [6, 6.07) is 10.6. The van der Waals surface area contributed by atoms with Gasteiger partial charge in [0.25, 0.3) is 0 Å². The second-order valence-electron chi connectivity index (χ2n) is 7.81. The molecule has 1 saturated heterocycles. The van der Waals surface area contributed by atoms with Crippen LogP contribution >= 0.6 is 11.3 Å². The number of aldehydes is 1. The summed E-state index contributed by atoms with van der Waals surface area (Å²) in [6.07, 6.45) is 0.604. The Hall–Kier alpha value is -3.58.